The third kappa shape index (κ3) is 23.2. The van der Waals surface area contributed by atoms with E-state index in [-0.39, 0.29) is 0 Å². The Morgan fingerprint density at radius 1 is 0.0870 bits per heavy atom. The van der Waals surface area contributed by atoms with Crippen molar-refractivity contribution in [2.45, 2.75) is 0 Å². The lowest BCUT2D eigenvalue weighted by atomic mass is 9.83. The fourth-order valence-corrected chi connectivity index (χ4v) is 17.7. The van der Waals surface area contributed by atoms with Crippen molar-refractivity contribution < 1.29 is 0 Å². The third-order valence-corrected chi connectivity index (χ3v) is 24.9. The van der Waals surface area contributed by atoms with Gasteiger partial charge < -0.3 is 0 Å². The molecule has 654 valence electrons. The Kier molecular flexibility index (Phi) is 29.1. The van der Waals surface area contributed by atoms with E-state index in [0.29, 0.717) is 0 Å². The fraction of sp³-hybridized carbons (Fsp3) is 0. The predicted octanol–water partition coefficient (Wildman–Crippen LogP) is 36.2. The van der Waals surface area contributed by atoms with Gasteiger partial charge in [-0.15, -0.1) is 0 Å². The number of rotatable bonds is 30. The number of hydrogen-bond donors (Lipinski definition) is 0. The summed E-state index contributed by atoms with van der Waals surface area (Å²) in [7, 11) is 0. The molecule has 19 aromatic rings. The maximum atomic E-state index is 2.36. The van der Waals surface area contributed by atoms with Crippen LogP contribution in [0, 0.1) is 0 Å². The van der Waals surface area contributed by atoms with Crippen LogP contribution in [0.25, 0.3) is 143 Å². The fourth-order valence-electron chi connectivity index (χ4n) is 17.7. The minimum atomic E-state index is 1.02. The van der Waals surface area contributed by atoms with Gasteiger partial charge in [-0.05, 0) is 237 Å². The standard InChI is InChI=1S/C138H102/c1-13-37-115(38-14-1)133(116-39-15-2-16-40-116)97-109-73-61-103(62-74-109)85-91-127-128(92-86-104-63-75-110(76-64-104)98-134(117-41-17-3-18-42-117)118-43-19-4-20-44-118)130(94-88-106-67-79-112(80-68-106)100-136(121-49-25-7-26-50-121)122-51-27-8-28-52-122)132(96-90-108-71-83-114(84-72-108)102-138(125-57-33-11-34-58-125)126-59-35-12-36-60-126)131(95-89-107-69-81-113(82-70-107)101-137(123-53-29-9-30-54-123)124-55-31-10-32-56-124)129(127)93-87-105-65-77-111(78-66-105)99-135(119-45-21-5-22-46-119)120-47-23-6-24-48-120/h1-102H. The van der Waals surface area contributed by atoms with Crippen LogP contribution in [0.2, 0.25) is 0 Å². The van der Waals surface area contributed by atoms with Crippen LogP contribution in [-0.2, 0) is 0 Å². The Bertz CT molecular complexity index is 6190. The number of hydrogen-bond acceptors (Lipinski definition) is 0. The van der Waals surface area contributed by atoms with Crippen LogP contribution in [-0.4, -0.2) is 0 Å². The van der Waals surface area contributed by atoms with Crippen molar-refractivity contribution in [2.75, 3.05) is 0 Å². The minimum absolute atomic E-state index is 1.02. The molecule has 0 heterocycles. The van der Waals surface area contributed by atoms with Gasteiger partial charge in [0.05, 0.1) is 0 Å². The van der Waals surface area contributed by atoms with Gasteiger partial charge in [-0.3, -0.25) is 0 Å². The van der Waals surface area contributed by atoms with Gasteiger partial charge in [0.2, 0.25) is 0 Å². The van der Waals surface area contributed by atoms with Gasteiger partial charge in [0, 0.05) is 0 Å². The lowest BCUT2D eigenvalue weighted by molar-refractivity contribution is 1.48. The maximum Gasteiger partial charge on any atom is -0.00987 e. The Morgan fingerprint density at radius 3 is 0.268 bits per heavy atom. The second-order valence-electron chi connectivity index (χ2n) is 34.2. The molecule has 19 rings (SSSR count). The van der Waals surface area contributed by atoms with Crippen molar-refractivity contribution in [3.05, 3.63) is 676 Å². The normalized spacial score (nSPS) is 11.3. The first-order valence-corrected chi connectivity index (χ1v) is 47.3. The van der Waals surface area contributed by atoms with Gasteiger partial charge in [0.15, 0.2) is 0 Å². The van der Waals surface area contributed by atoms with E-state index in [1.54, 1.807) is 0 Å². The van der Waals surface area contributed by atoms with Crippen molar-refractivity contribution in [3.63, 3.8) is 0 Å². The van der Waals surface area contributed by atoms with Crippen molar-refractivity contribution >= 4 is 143 Å². The first kappa shape index (κ1) is 89.3. The van der Waals surface area contributed by atoms with Crippen molar-refractivity contribution in [1.82, 2.24) is 0 Å². The third-order valence-electron chi connectivity index (χ3n) is 24.9. The Labute approximate surface area is 813 Å². The summed E-state index contributed by atoms with van der Waals surface area (Å²) in [6.07, 6.45) is 41.8. The highest BCUT2D eigenvalue weighted by atomic mass is 14.2. The zero-order valence-electron chi connectivity index (χ0n) is 76.9. The van der Waals surface area contributed by atoms with E-state index < -0.39 is 0 Å². The zero-order valence-corrected chi connectivity index (χ0v) is 76.9. The van der Waals surface area contributed by atoms with Crippen LogP contribution in [0.3, 0.4) is 0 Å². The lowest BCUT2D eigenvalue weighted by Gasteiger charge is -2.20. The molecule has 0 unspecified atom stereocenters. The smallest absolute Gasteiger partial charge is 0.00987 e. The van der Waals surface area contributed by atoms with E-state index in [1.807, 2.05) is 0 Å². The highest BCUT2D eigenvalue weighted by Gasteiger charge is 2.20. The summed E-state index contributed by atoms with van der Waals surface area (Å²) in [4.78, 5) is 0. The summed E-state index contributed by atoms with van der Waals surface area (Å²) < 4.78 is 0. The first-order valence-electron chi connectivity index (χ1n) is 47.3. The molecular formula is C138H102. The van der Waals surface area contributed by atoms with E-state index >= 15 is 0 Å². The predicted molar refractivity (Wildman–Crippen MR) is 598 cm³/mol. The van der Waals surface area contributed by atoms with E-state index in [2.05, 4.69) is 619 Å². The summed E-state index contributed by atoms with van der Waals surface area (Å²) in [6.45, 7) is 0. The molecule has 0 bridgehead atoms. The topological polar surface area (TPSA) is 0 Å². The summed E-state index contributed by atoms with van der Waals surface area (Å²) in [6, 6.07) is 182. The van der Waals surface area contributed by atoms with Gasteiger partial charge in [-0.1, -0.05) is 582 Å². The zero-order chi connectivity index (χ0) is 92.9. The molecule has 0 aliphatic carbocycles. The second kappa shape index (κ2) is 45.0. The SMILES string of the molecule is C(=Cc1c(C=Cc2ccc(C=C(c3ccccc3)c3ccccc3)cc2)c(C=Cc2ccc(C=C(c3ccccc3)c3ccccc3)cc2)c(C=Cc2ccc(C=C(c3ccccc3)c3ccccc3)cc2)c(C=Cc2ccc(C=C(c3ccccc3)c3ccccc3)cc2)c1C=Cc1ccc(C=C(c2ccccc2)c2ccccc2)cc1)c1ccc(C=C(c2ccccc2)c2ccccc2)cc1. The summed E-state index contributed by atoms with van der Waals surface area (Å²) in [5, 5.41) is 0. The molecule has 0 spiro atoms. The highest BCUT2D eigenvalue weighted by molar-refractivity contribution is 6.02. The van der Waals surface area contributed by atoms with E-state index in [9.17, 15) is 0 Å². The van der Waals surface area contributed by atoms with Gasteiger partial charge >= 0.3 is 0 Å². The van der Waals surface area contributed by atoms with Crippen LogP contribution < -0.4 is 0 Å². The maximum absolute atomic E-state index is 2.36. The molecule has 0 aliphatic rings. The Hall–Kier alpha value is -17.9. The molecule has 0 fully saturated rings. The highest BCUT2D eigenvalue weighted by Crippen LogP contribution is 2.41. The first-order chi connectivity index (χ1) is 68.4. The molecule has 0 saturated heterocycles. The van der Waals surface area contributed by atoms with Gasteiger partial charge in [0.1, 0.15) is 0 Å². The monoisotopic (exact) mass is 1760 g/mol. The largest absolute Gasteiger partial charge is 0.0622 e. The summed E-state index contributed by atoms with van der Waals surface area (Å²) in [5.41, 5.74) is 39.8. The van der Waals surface area contributed by atoms with E-state index in [4.69, 9.17) is 0 Å². The van der Waals surface area contributed by atoms with Crippen LogP contribution >= 0.6 is 0 Å². The molecule has 138 heavy (non-hydrogen) atoms. The molecule has 0 N–H and O–H groups in total. The molecule has 0 nitrogen and oxygen atoms in total. The second-order valence-corrected chi connectivity index (χ2v) is 34.2. The van der Waals surface area contributed by atoms with Crippen molar-refractivity contribution in [3.8, 4) is 0 Å². The quantitative estimate of drug-likeness (QED) is 0.0394. The van der Waals surface area contributed by atoms with Crippen LogP contribution in [0.4, 0.5) is 0 Å². The van der Waals surface area contributed by atoms with Gasteiger partial charge in [-0.25, -0.2) is 0 Å². The van der Waals surface area contributed by atoms with Crippen LogP contribution in [0.5, 0.6) is 0 Å². The van der Waals surface area contributed by atoms with Crippen LogP contribution in [0.15, 0.2) is 510 Å². The van der Waals surface area contributed by atoms with Gasteiger partial charge in [0.25, 0.3) is 0 Å². The van der Waals surface area contributed by atoms with Crippen molar-refractivity contribution in [2.24, 2.45) is 0 Å². The molecule has 0 amide bonds. The Balaban J connectivity index is 0.843. The van der Waals surface area contributed by atoms with Crippen LogP contribution in [0.1, 0.15) is 167 Å². The lowest BCUT2D eigenvalue weighted by Crippen LogP contribution is -2.01. The van der Waals surface area contributed by atoms with E-state index in [1.165, 1.54) is 0 Å². The van der Waals surface area contributed by atoms with Gasteiger partial charge in [-0.2, -0.15) is 0 Å². The molecule has 0 saturated carbocycles. The molecule has 0 aliphatic heterocycles. The molecule has 19 aromatic carbocycles. The molecule has 0 radical (unpaired) electrons. The average molecular weight is 1760 g/mol. The molecular weight excluding hydrogens is 1660 g/mol. The number of benzene rings is 19. The summed E-state index contributed by atoms with van der Waals surface area (Å²) >= 11 is 0. The average Bonchev–Trinajstić information content (AvgIpc) is 0.757. The summed E-state index contributed by atoms with van der Waals surface area (Å²) in [5.74, 6) is 0. The molecule has 0 atom stereocenters. The molecule has 0 aromatic heterocycles. The Morgan fingerprint density at radius 2 is 0.174 bits per heavy atom. The minimum Gasteiger partial charge on any atom is -0.0622 e. The van der Waals surface area contributed by atoms with E-state index in [0.717, 1.165) is 200 Å². The molecule has 0 heteroatoms. The van der Waals surface area contributed by atoms with Crippen molar-refractivity contribution in [1.29, 1.82) is 0 Å².